The Kier molecular flexibility index (Phi) is 5.32. The third-order valence-corrected chi connectivity index (χ3v) is 2.61. The minimum absolute atomic E-state index is 0.160. The minimum atomic E-state index is -0.160. The van der Waals surface area contributed by atoms with E-state index in [1.807, 2.05) is 13.0 Å². The van der Waals surface area contributed by atoms with Gasteiger partial charge in [0.15, 0.2) is 0 Å². The zero-order chi connectivity index (χ0) is 12.0. The lowest BCUT2D eigenvalue weighted by molar-refractivity contribution is -0.140. The largest absolute Gasteiger partial charge is 0.469 e. The number of anilines is 1. The Bertz CT molecular complexity index is 346. The monoisotopic (exact) mass is 285 g/mol. The average Bonchev–Trinajstić information content (AvgIpc) is 2.22. The Morgan fingerprint density at radius 3 is 2.81 bits per heavy atom. The number of carbonyl (C=O) groups is 1. The zero-order valence-electron chi connectivity index (χ0n) is 9.55. The number of ether oxygens (including phenoxy) is 1. The van der Waals surface area contributed by atoms with Gasteiger partial charge in [-0.15, -0.1) is 0 Å². The third kappa shape index (κ3) is 4.66. The van der Waals surface area contributed by atoms with Crippen LogP contribution in [0, 0.1) is 6.92 Å². The molecule has 88 valence electrons. The number of aryl methyl sites for hydroxylation is 1. The van der Waals surface area contributed by atoms with Crippen LogP contribution in [0.5, 0.6) is 0 Å². The third-order valence-electron chi connectivity index (χ3n) is 2.16. The van der Waals surface area contributed by atoms with Crippen LogP contribution < -0.4 is 5.32 Å². The molecule has 0 aliphatic carbocycles. The molecular weight excluding hydrogens is 270 g/mol. The predicted molar refractivity (Wildman–Crippen MR) is 68.6 cm³/mol. The van der Waals surface area contributed by atoms with Gasteiger partial charge in [-0.05, 0) is 37.1 Å². The highest BCUT2D eigenvalue weighted by atomic mass is 79.9. The molecule has 0 atom stereocenters. The normalized spacial score (nSPS) is 9.94. The molecule has 0 aliphatic heterocycles. The fourth-order valence-corrected chi connectivity index (χ4v) is 2.01. The van der Waals surface area contributed by atoms with Gasteiger partial charge in [-0.1, -0.05) is 15.9 Å². The summed E-state index contributed by atoms with van der Waals surface area (Å²) < 4.78 is 5.62. The zero-order valence-corrected chi connectivity index (χ0v) is 11.1. The Morgan fingerprint density at radius 2 is 2.19 bits per heavy atom. The van der Waals surface area contributed by atoms with Crippen LogP contribution in [0.3, 0.4) is 0 Å². The van der Waals surface area contributed by atoms with E-state index in [0.29, 0.717) is 6.42 Å². The van der Waals surface area contributed by atoms with Crippen molar-refractivity contribution in [2.45, 2.75) is 19.8 Å². The number of carbonyl (C=O) groups excluding carboxylic acids is 1. The maximum atomic E-state index is 10.9. The highest BCUT2D eigenvalue weighted by molar-refractivity contribution is 9.10. The fourth-order valence-electron chi connectivity index (χ4n) is 1.41. The van der Waals surface area contributed by atoms with Crippen LogP contribution in [0.25, 0.3) is 0 Å². The van der Waals surface area contributed by atoms with Gasteiger partial charge in [0.1, 0.15) is 0 Å². The average molecular weight is 286 g/mol. The second-order valence-corrected chi connectivity index (χ2v) is 4.54. The second-order valence-electron chi connectivity index (χ2n) is 3.62. The smallest absolute Gasteiger partial charge is 0.305 e. The number of hydrogen-bond acceptors (Lipinski definition) is 3. The first-order chi connectivity index (χ1) is 7.61. The van der Waals surface area contributed by atoms with Crippen molar-refractivity contribution in [3.63, 3.8) is 0 Å². The molecular formula is C12H16BrNO2. The maximum absolute atomic E-state index is 10.9. The molecule has 0 aromatic heterocycles. The molecule has 1 aromatic carbocycles. The molecule has 1 rings (SSSR count). The van der Waals surface area contributed by atoms with Crippen LogP contribution in [0.15, 0.2) is 22.7 Å². The molecule has 0 saturated heterocycles. The molecule has 0 aliphatic rings. The van der Waals surface area contributed by atoms with E-state index in [1.165, 1.54) is 12.7 Å². The predicted octanol–water partition coefficient (Wildman–Crippen LogP) is 3.12. The first-order valence-corrected chi connectivity index (χ1v) is 5.99. The van der Waals surface area contributed by atoms with E-state index >= 15 is 0 Å². The molecule has 3 nitrogen and oxygen atoms in total. The van der Waals surface area contributed by atoms with Gasteiger partial charge in [-0.3, -0.25) is 4.79 Å². The van der Waals surface area contributed by atoms with Crippen LogP contribution in [0.4, 0.5) is 5.69 Å². The van der Waals surface area contributed by atoms with Crippen molar-refractivity contribution in [1.29, 1.82) is 0 Å². The minimum Gasteiger partial charge on any atom is -0.469 e. The molecule has 0 heterocycles. The van der Waals surface area contributed by atoms with Gasteiger partial charge in [0.05, 0.1) is 7.11 Å². The summed E-state index contributed by atoms with van der Waals surface area (Å²) in [6, 6.07) is 6.15. The van der Waals surface area contributed by atoms with Crippen molar-refractivity contribution >= 4 is 27.6 Å². The van der Waals surface area contributed by atoms with E-state index in [9.17, 15) is 4.79 Å². The molecule has 16 heavy (non-hydrogen) atoms. The van der Waals surface area contributed by atoms with Gasteiger partial charge in [0.25, 0.3) is 0 Å². The lowest BCUT2D eigenvalue weighted by Gasteiger charge is -2.07. The van der Waals surface area contributed by atoms with Crippen LogP contribution in [0.1, 0.15) is 18.4 Å². The Balaban J connectivity index is 2.34. The summed E-state index contributed by atoms with van der Waals surface area (Å²) in [4.78, 5) is 10.9. The quantitative estimate of drug-likeness (QED) is 0.667. The van der Waals surface area contributed by atoms with E-state index in [-0.39, 0.29) is 5.97 Å². The van der Waals surface area contributed by atoms with Crippen LogP contribution in [-0.4, -0.2) is 19.6 Å². The summed E-state index contributed by atoms with van der Waals surface area (Å²) in [6.45, 7) is 2.81. The fraction of sp³-hybridized carbons (Fsp3) is 0.417. The Hall–Kier alpha value is -1.03. The molecule has 0 fully saturated rings. The molecule has 1 aromatic rings. The topological polar surface area (TPSA) is 38.3 Å². The Morgan fingerprint density at radius 1 is 1.44 bits per heavy atom. The van der Waals surface area contributed by atoms with Crippen molar-refractivity contribution in [1.82, 2.24) is 0 Å². The lowest BCUT2D eigenvalue weighted by atomic mass is 10.2. The second kappa shape index (κ2) is 6.53. The van der Waals surface area contributed by atoms with E-state index in [2.05, 4.69) is 38.1 Å². The van der Waals surface area contributed by atoms with Crippen molar-refractivity contribution in [2.24, 2.45) is 0 Å². The van der Waals surface area contributed by atoms with Crippen molar-refractivity contribution in [2.75, 3.05) is 19.0 Å². The van der Waals surface area contributed by atoms with Crippen molar-refractivity contribution < 1.29 is 9.53 Å². The summed E-state index contributed by atoms with van der Waals surface area (Å²) in [5.41, 5.74) is 2.27. The summed E-state index contributed by atoms with van der Waals surface area (Å²) in [5.74, 6) is -0.160. The van der Waals surface area contributed by atoms with Crippen LogP contribution in [-0.2, 0) is 9.53 Å². The number of methoxy groups -OCH3 is 1. The van der Waals surface area contributed by atoms with E-state index < -0.39 is 0 Å². The molecule has 0 spiro atoms. The molecule has 0 bridgehead atoms. The summed E-state index contributed by atoms with van der Waals surface area (Å²) in [7, 11) is 1.41. The molecule has 0 unspecified atom stereocenters. The molecule has 0 radical (unpaired) electrons. The van der Waals surface area contributed by atoms with Gasteiger partial charge in [0.2, 0.25) is 0 Å². The number of benzene rings is 1. The first kappa shape index (κ1) is 13.0. The highest BCUT2D eigenvalue weighted by Crippen LogP contribution is 2.18. The summed E-state index contributed by atoms with van der Waals surface area (Å²) in [6.07, 6.45) is 1.23. The summed E-state index contributed by atoms with van der Waals surface area (Å²) in [5, 5.41) is 3.27. The van der Waals surface area contributed by atoms with Gasteiger partial charge in [-0.2, -0.15) is 0 Å². The van der Waals surface area contributed by atoms with E-state index in [0.717, 1.165) is 23.1 Å². The van der Waals surface area contributed by atoms with Gasteiger partial charge in [-0.25, -0.2) is 0 Å². The van der Waals surface area contributed by atoms with Crippen molar-refractivity contribution in [3.8, 4) is 0 Å². The molecule has 4 heteroatoms. The number of hydrogen-bond donors (Lipinski definition) is 1. The van der Waals surface area contributed by atoms with Gasteiger partial charge >= 0.3 is 5.97 Å². The highest BCUT2D eigenvalue weighted by Gasteiger charge is 2.00. The Labute approximate surface area is 104 Å². The SMILES string of the molecule is COC(=O)CCCNc1cc(C)cc(Br)c1. The number of esters is 1. The van der Waals surface area contributed by atoms with E-state index in [1.54, 1.807) is 0 Å². The number of halogens is 1. The van der Waals surface area contributed by atoms with Gasteiger partial charge < -0.3 is 10.1 Å². The van der Waals surface area contributed by atoms with E-state index in [4.69, 9.17) is 0 Å². The van der Waals surface area contributed by atoms with Crippen LogP contribution >= 0.6 is 15.9 Å². The summed E-state index contributed by atoms with van der Waals surface area (Å²) >= 11 is 3.44. The maximum Gasteiger partial charge on any atom is 0.305 e. The molecule has 1 N–H and O–H groups in total. The number of nitrogens with one attached hydrogen (secondary N) is 1. The van der Waals surface area contributed by atoms with Crippen LogP contribution in [0.2, 0.25) is 0 Å². The first-order valence-electron chi connectivity index (χ1n) is 5.19. The molecule has 0 saturated carbocycles. The number of rotatable bonds is 5. The standard InChI is InChI=1S/C12H16BrNO2/c1-9-6-10(13)8-11(7-9)14-5-3-4-12(15)16-2/h6-8,14H,3-5H2,1-2H3. The lowest BCUT2D eigenvalue weighted by Crippen LogP contribution is -2.06. The van der Waals surface area contributed by atoms with Crippen molar-refractivity contribution in [3.05, 3.63) is 28.2 Å². The molecule has 0 amide bonds. The van der Waals surface area contributed by atoms with Gasteiger partial charge in [0, 0.05) is 23.1 Å².